The predicted octanol–water partition coefficient (Wildman–Crippen LogP) is 3.78. The zero-order chi connectivity index (χ0) is 20.9. The summed E-state index contributed by atoms with van der Waals surface area (Å²) in [6.07, 6.45) is 1.09. The number of aromatic nitrogens is 3. The summed E-state index contributed by atoms with van der Waals surface area (Å²) in [5, 5.41) is 21.3. The van der Waals surface area contributed by atoms with Crippen LogP contribution in [0.3, 0.4) is 0 Å². The van der Waals surface area contributed by atoms with E-state index in [0.29, 0.717) is 33.8 Å². The Morgan fingerprint density at radius 2 is 2.03 bits per heavy atom. The van der Waals surface area contributed by atoms with E-state index in [4.69, 9.17) is 14.6 Å². The van der Waals surface area contributed by atoms with Crippen LogP contribution in [-0.2, 0) is 4.79 Å². The molecule has 0 amide bonds. The van der Waals surface area contributed by atoms with Crippen LogP contribution in [0.15, 0.2) is 66.3 Å². The minimum Gasteiger partial charge on any atom is -0.481 e. The first-order chi connectivity index (χ1) is 14.7. The summed E-state index contributed by atoms with van der Waals surface area (Å²) in [4.78, 5) is 15.5. The first-order valence-corrected chi connectivity index (χ1v) is 10.1. The van der Waals surface area contributed by atoms with Crippen molar-refractivity contribution in [3.8, 4) is 22.9 Å². The summed E-state index contributed by atoms with van der Waals surface area (Å²) in [5.41, 5.74) is 2.75. The molecule has 3 aromatic rings. The van der Waals surface area contributed by atoms with Crippen LogP contribution < -0.4 is 14.8 Å². The quantitative estimate of drug-likeness (QED) is 0.434. The molecule has 2 heterocycles. The molecule has 1 aromatic heterocycles. The van der Waals surface area contributed by atoms with Crippen molar-refractivity contribution in [1.82, 2.24) is 15.2 Å². The second kappa shape index (κ2) is 8.83. The zero-order valence-corrected chi connectivity index (χ0v) is 16.6. The fourth-order valence-corrected chi connectivity index (χ4v) is 3.46. The third kappa shape index (κ3) is 4.20. The first kappa shape index (κ1) is 19.7. The van der Waals surface area contributed by atoms with E-state index >= 15 is 0 Å². The molecule has 152 valence electrons. The third-order valence-electron chi connectivity index (χ3n) is 4.22. The van der Waals surface area contributed by atoms with Crippen LogP contribution in [0.4, 0.5) is 5.69 Å². The number of fused-ring (bicyclic) bond motifs is 3. The Kier molecular flexibility index (Phi) is 5.80. The normalized spacial score (nSPS) is 14.3. The molecule has 0 saturated heterocycles. The number of hydrogen-bond donors (Lipinski definition) is 2. The maximum absolute atomic E-state index is 11.0. The van der Waals surface area contributed by atoms with Gasteiger partial charge in [0.25, 0.3) is 0 Å². The molecule has 0 unspecified atom stereocenters. The van der Waals surface area contributed by atoms with E-state index in [9.17, 15) is 4.79 Å². The van der Waals surface area contributed by atoms with E-state index in [2.05, 4.69) is 27.1 Å². The highest BCUT2D eigenvalue weighted by atomic mass is 32.2. The Balaban J connectivity index is 1.76. The molecule has 0 radical (unpaired) electrons. The zero-order valence-electron chi connectivity index (χ0n) is 15.8. The molecule has 0 spiro atoms. The highest BCUT2D eigenvalue weighted by Crippen LogP contribution is 2.40. The number of carboxylic acid groups (broad SMARTS) is 1. The van der Waals surface area contributed by atoms with E-state index in [-0.39, 0.29) is 0 Å². The number of aliphatic carboxylic acids is 1. The maximum Gasteiger partial charge on any atom is 0.341 e. The molecule has 1 aliphatic heterocycles. The van der Waals surface area contributed by atoms with Gasteiger partial charge in [-0.2, -0.15) is 4.98 Å². The second-order valence-electron chi connectivity index (χ2n) is 6.26. The topological polar surface area (TPSA) is 106 Å². The summed E-state index contributed by atoms with van der Waals surface area (Å²) in [5.74, 6) is 0.314. The average Bonchev–Trinajstić information content (AvgIpc) is 2.92. The van der Waals surface area contributed by atoms with Crippen molar-refractivity contribution in [2.45, 2.75) is 11.4 Å². The fraction of sp³-hybridized carbons (Fsp3) is 0.143. The van der Waals surface area contributed by atoms with Gasteiger partial charge in [-0.05, 0) is 18.2 Å². The van der Waals surface area contributed by atoms with Crippen molar-refractivity contribution < 1.29 is 19.4 Å². The number of thioether (sulfide) groups is 1. The monoisotopic (exact) mass is 422 g/mol. The molecule has 1 atom stereocenters. The highest BCUT2D eigenvalue weighted by molar-refractivity contribution is 7.99. The number of carbonyl (C=O) groups is 1. The van der Waals surface area contributed by atoms with E-state index in [1.54, 1.807) is 18.2 Å². The Hall–Kier alpha value is -3.59. The largest absolute Gasteiger partial charge is 0.481 e. The molecule has 2 aromatic carbocycles. The van der Waals surface area contributed by atoms with Crippen molar-refractivity contribution >= 4 is 23.4 Å². The van der Waals surface area contributed by atoms with Gasteiger partial charge in [-0.25, -0.2) is 4.79 Å². The van der Waals surface area contributed by atoms with Gasteiger partial charge >= 0.3 is 5.97 Å². The highest BCUT2D eigenvalue weighted by Gasteiger charge is 2.27. The standard InChI is InChI=1S/C21H18N4O4S/c1-2-11-30-21-23-20-18(24-25-21)13-7-3-5-9-15(13)22-19(29-20)14-8-4-6-10-16(14)28-12-17(26)27/h2-10,19,22H,1,11-12H2,(H,26,27)/t19-/m1/s1. The first-order valence-electron chi connectivity index (χ1n) is 9.10. The van der Waals surface area contributed by atoms with Crippen molar-refractivity contribution in [1.29, 1.82) is 0 Å². The molecule has 1 aliphatic rings. The molecule has 2 N–H and O–H groups in total. The number of ether oxygens (including phenoxy) is 2. The van der Waals surface area contributed by atoms with E-state index in [1.807, 2.05) is 36.4 Å². The van der Waals surface area contributed by atoms with Gasteiger partial charge < -0.3 is 19.9 Å². The Bertz CT molecular complexity index is 1090. The molecule has 9 heteroatoms. The molecule has 8 nitrogen and oxygen atoms in total. The lowest BCUT2D eigenvalue weighted by molar-refractivity contribution is -0.139. The summed E-state index contributed by atoms with van der Waals surface area (Å²) in [6, 6.07) is 14.7. The molecule has 30 heavy (non-hydrogen) atoms. The van der Waals surface area contributed by atoms with Crippen molar-refractivity contribution in [2.75, 3.05) is 17.7 Å². The number of nitrogens with one attached hydrogen (secondary N) is 1. The fourth-order valence-electron chi connectivity index (χ4n) is 2.95. The van der Waals surface area contributed by atoms with Gasteiger partial charge in [0.15, 0.2) is 12.3 Å². The lowest BCUT2D eigenvalue weighted by Gasteiger charge is -2.21. The van der Waals surface area contributed by atoms with Crippen LogP contribution in [0.25, 0.3) is 11.3 Å². The average molecular weight is 422 g/mol. The number of carboxylic acids is 1. The number of nitrogens with zero attached hydrogens (tertiary/aromatic N) is 3. The van der Waals surface area contributed by atoms with E-state index < -0.39 is 18.8 Å². The summed E-state index contributed by atoms with van der Waals surface area (Å²) >= 11 is 1.40. The van der Waals surface area contributed by atoms with Crippen LogP contribution in [0, 0.1) is 0 Å². The molecule has 0 bridgehead atoms. The SMILES string of the molecule is C=CCSc1nnc2c(n1)O[C@H](c1ccccc1OCC(=O)O)Nc1ccccc1-2. The van der Waals surface area contributed by atoms with Gasteiger partial charge in [0.2, 0.25) is 17.3 Å². The van der Waals surface area contributed by atoms with Crippen LogP contribution in [-0.4, -0.2) is 38.6 Å². The van der Waals surface area contributed by atoms with Gasteiger partial charge in [0.05, 0.1) is 5.56 Å². The van der Waals surface area contributed by atoms with Crippen molar-refractivity contribution in [3.63, 3.8) is 0 Å². The van der Waals surface area contributed by atoms with Crippen molar-refractivity contribution in [2.24, 2.45) is 0 Å². The second-order valence-corrected chi connectivity index (χ2v) is 7.24. The van der Waals surface area contributed by atoms with Gasteiger partial charge in [-0.3, -0.25) is 0 Å². The van der Waals surface area contributed by atoms with Crippen LogP contribution in [0.2, 0.25) is 0 Å². The maximum atomic E-state index is 11.0. The molecule has 4 rings (SSSR count). The molecule has 0 aliphatic carbocycles. The minimum atomic E-state index is -1.06. The van der Waals surface area contributed by atoms with Gasteiger partial charge in [-0.1, -0.05) is 48.2 Å². The Morgan fingerprint density at radius 3 is 2.87 bits per heavy atom. The Morgan fingerprint density at radius 1 is 1.23 bits per heavy atom. The lowest BCUT2D eigenvalue weighted by atomic mass is 10.1. The van der Waals surface area contributed by atoms with Gasteiger partial charge in [0, 0.05) is 17.0 Å². The Labute approximate surface area is 177 Å². The van der Waals surface area contributed by atoms with Crippen LogP contribution in [0.1, 0.15) is 11.8 Å². The number of para-hydroxylation sites is 2. The molecular formula is C21H18N4O4S. The lowest BCUT2D eigenvalue weighted by Crippen LogP contribution is -2.19. The summed E-state index contributed by atoms with van der Waals surface area (Å²) in [7, 11) is 0. The number of rotatable bonds is 7. The number of hydrogen-bond acceptors (Lipinski definition) is 8. The summed E-state index contributed by atoms with van der Waals surface area (Å²) in [6.45, 7) is 3.25. The molecule has 0 fully saturated rings. The van der Waals surface area contributed by atoms with E-state index in [1.165, 1.54) is 11.8 Å². The number of benzene rings is 2. The molecule has 0 saturated carbocycles. The van der Waals surface area contributed by atoms with Crippen LogP contribution in [0.5, 0.6) is 11.6 Å². The van der Waals surface area contributed by atoms with Crippen molar-refractivity contribution in [3.05, 3.63) is 66.7 Å². The van der Waals surface area contributed by atoms with Crippen LogP contribution >= 0.6 is 11.8 Å². The number of anilines is 1. The smallest absolute Gasteiger partial charge is 0.341 e. The van der Waals surface area contributed by atoms with Gasteiger partial charge in [0.1, 0.15) is 5.75 Å². The summed E-state index contributed by atoms with van der Waals surface area (Å²) < 4.78 is 11.7. The van der Waals surface area contributed by atoms with Gasteiger partial charge in [-0.15, -0.1) is 16.8 Å². The molecular weight excluding hydrogens is 404 g/mol. The predicted molar refractivity (Wildman–Crippen MR) is 113 cm³/mol. The third-order valence-corrected chi connectivity index (χ3v) is 5.05. The van der Waals surface area contributed by atoms with E-state index in [0.717, 1.165) is 11.3 Å². The minimum absolute atomic E-state index is 0.326.